The van der Waals surface area contributed by atoms with Gasteiger partial charge >= 0.3 is 0 Å². The first-order valence-electron chi connectivity index (χ1n) is 7.61. The summed E-state index contributed by atoms with van der Waals surface area (Å²) < 4.78 is 0. The van der Waals surface area contributed by atoms with Gasteiger partial charge in [-0.1, -0.05) is 60.1 Å². The molecule has 24 heavy (non-hydrogen) atoms. The van der Waals surface area contributed by atoms with Gasteiger partial charge in [0.15, 0.2) is 0 Å². The van der Waals surface area contributed by atoms with Crippen LogP contribution in [-0.2, 0) is 11.2 Å². The molecule has 2 N–H and O–H groups in total. The first-order chi connectivity index (χ1) is 11.7. The third kappa shape index (κ3) is 2.61. The van der Waals surface area contributed by atoms with E-state index in [0.29, 0.717) is 28.4 Å². The van der Waals surface area contributed by atoms with Crippen LogP contribution in [0.1, 0.15) is 11.1 Å². The van der Waals surface area contributed by atoms with Crippen LogP contribution < -0.4 is 10.7 Å². The van der Waals surface area contributed by atoms with Gasteiger partial charge in [-0.05, 0) is 17.7 Å². The number of hydrogen-bond acceptors (Lipinski definition) is 3. The van der Waals surface area contributed by atoms with Crippen molar-refractivity contribution in [1.82, 2.24) is 5.43 Å². The van der Waals surface area contributed by atoms with Crippen molar-refractivity contribution in [2.24, 2.45) is 5.10 Å². The summed E-state index contributed by atoms with van der Waals surface area (Å²) in [6, 6.07) is 17.7. The molecule has 0 spiro atoms. The Morgan fingerprint density at radius 2 is 1.75 bits per heavy atom. The van der Waals surface area contributed by atoms with Crippen LogP contribution in [0.3, 0.4) is 0 Å². The van der Waals surface area contributed by atoms with Gasteiger partial charge in [0.1, 0.15) is 0 Å². The highest BCUT2D eigenvalue weighted by Crippen LogP contribution is 2.34. The van der Waals surface area contributed by atoms with Crippen molar-refractivity contribution < 1.29 is 4.79 Å². The largest absolute Gasteiger partial charge is 0.354 e. The Kier molecular flexibility index (Phi) is 3.67. The zero-order valence-corrected chi connectivity index (χ0v) is 13.5. The third-order valence-corrected chi connectivity index (χ3v) is 4.33. The molecule has 4 nitrogen and oxygen atoms in total. The minimum atomic E-state index is -0.219. The van der Waals surface area contributed by atoms with Crippen molar-refractivity contribution in [2.75, 3.05) is 5.32 Å². The van der Waals surface area contributed by atoms with Crippen molar-refractivity contribution in [3.63, 3.8) is 0 Å². The molecule has 2 aliphatic rings. The molecule has 4 rings (SSSR count). The van der Waals surface area contributed by atoms with E-state index >= 15 is 0 Å². The van der Waals surface area contributed by atoms with Gasteiger partial charge in [-0.15, -0.1) is 0 Å². The summed E-state index contributed by atoms with van der Waals surface area (Å²) in [5, 5.41) is 8.09. The molecule has 118 valence electrons. The van der Waals surface area contributed by atoms with E-state index in [1.165, 1.54) is 0 Å². The Bertz CT molecular complexity index is 913. The Morgan fingerprint density at radius 1 is 1.00 bits per heavy atom. The average Bonchev–Trinajstić information content (AvgIpc) is 2.96. The molecule has 2 aromatic carbocycles. The first kappa shape index (κ1) is 14.7. The molecule has 0 bridgehead atoms. The summed E-state index contributed by atoms with van der Waals surface area (Å²) in [5.41, 5.74) is 7.36. The van der Waals surface area contributed by atoms with E-state index < -0.39 is 0 Å². The predicted octanol–water partition coefficient (Wildman–Crippen LogP) is 3.67. The summed E-state index contributed by atoms with van der Waals surface area (Å²) in [6.07, 6.45) is 2.36. The van der Waals surface area contributed by atoms with E-state index in [9.17, 15) is 4.79 Å². The maximum atomic E-state index is 12.3. The van der Waals surface area contributed by atoms with Gasteiger partial charge in [-0.25, -0.2) is 5.43 Å². The van der Waals surface area contributed by atoms with Gasteiger partial charge in [-0.2, -0.15) is 5.10 Å². The van der Waals surface area contributed by atoms with Gasteiger partial charge in [-0.3, -0.25) is 4.79 Å². The van der Waals surface area contributed by atoms with Crippen molar-refractivity contribution in [1.29, 1.82) is 0 Å². The Morgan fingerprint density at radius 3 is 2.58 bits per heavy atom. The number of halogens is 1. The molecular weight excluding hydrogens is 322 g/mol. The summed E-state index contributed by atoms with van der Waals surface area (Å²) in [7, 11) is 0. The number of hydrazone groups is 1. The van der Waals surface area contributed by atoms with Crippen LogP contribution in [0.5, 0.6) is 0 Å². The highest BCUT2D eigenvalue weighted by Gasteiger charge is 2.28. The molecule has 0 saturated heterocycles. The van der Waals surface area contributed by atoms with Crippen LogP contribution in [0.2, 0.25) is 0 Å². The topological polar surface area (TPSA) is 53.5 Å². The van der Waals surface area contributed by atoms with Crippen LogP contribution in [0.4, 0.5) is 5.69 Å². The number of nitrogens with zero attached hydrogens (tertiary/aromatic N) is 1. The second-order valence-electron chi connectivity index (χ2n) is 5.61. The molecule has 0 radical (unpaired) electrons. The fourth-order valence-electron chi connectivity index (χ4n) is 2.88. The minimum absolute atomic E-state index is 0.219. The molecule has 0 atom stereocenters. The van der Waals surface area contributed by atoms with Gasteiger partial charge in [0.25, 0.3) is 5.91 Å². The van der Waals surface area contributed by atoms with E-state index in [1.807, 2.05) is 54.6 Å². The summed E-state index contributed by atoms with van der Waals surface area (Å²) in [6.45, 7) is 0. The van der Waals surface area contributed by atoms with Gasteiger partial charge in [0.05, 0.1) is 22.0 Å². The molecule has 0 fully saturated rings. The molecule has 0 aromatic heterocycles. The Labute approximate surface area is 144 Å². The first-order valence-corrected chi connectivity index (χ1v) is 7.99. The standard InChI is InChI=1S/C19H14ClN3O/c20-14-11-16(21-15-9-5-4-8-13(14)15)18-17(22-23-19(18)24)10-12-6-2-1-3-7-12/h1-9,11,21H,10H2,(H,23,24). The lowest BCUT2D eigenvalue weighted by Gasteiger charge is -2.19. The van der Waals surface area contributed by atoms with Gasteiger partial charge in [0, 0.05) is 17.7 Å². The second-order valence-corrected chi connectivity index (χ2v) is 6.02. The summed E-state index contributed by atoms with van der Waals surface area (Å²) >= 11 is 6.39. The lowest BCUT2D eigenvalue weighted by Crippen LogP contribution is -2.20. The number of carbonyl (C=O) groups excluding carboxylic acids is 1. The number of fused-ring (bicyclic) bond motifs is 1. The molecular formula is C19H14ClN3O. The Hall–Kier alpha value is -2.85. The molecule has 1 amide bonds. The number of anilines is 1. The van der Waals surface area contributed by atoms with Crippen LogP contribution in [-0.4, -0.2) is 11.6 Å². The van der Waals surface area contributed by atoms with E-state index in [4.69, 9.17) is 11.6 Å². The number of amides is 1. The lowest BCUT2D eigenvalue weighted by molar-refractivity contribution is -0.116. The van der Waals surface area contributed by atoms with Crippen molar-refractivity contribution in [2.45, 2.75) is 6.42 Å². The number of nitrogens with one attached hydrogen (secondary N) is 2. The summed E-state index contributed by atoms with van der Waals surface area (Å²) in [5.74, 6) is -0.219. The van der Waals surface area contributed by atoms with Crippen LogP contribution in [0, 0.1) is 0 Å². The number of rotatable bonds is 2. The number of benzene rings is 2. The van der Waals surface area contributed by atoms with E-state index in [-0.39, 0.29) is 5.91 Å². The molecule has 0 unspecified atom stereocenters. The quantitative estimate of drug-likeness (QED) is 0.823. The van der Waals surface area contributed by atoms with Crippen molar-refractivity contribution in [3.05, 3.63) is 83.1 Å². The average molecular weight is 336 g/mol. The fraction of sp³-hybridized carbons (Fsp3) is 0.0526. The molecule has 0 saturated carbocycles. The van der Waals surface area contributed by atoms with Gasteiger partial charge < -0.3 is 5.32 Å². The third-order valence-electron chi connectivity index (χ3n) is 4.02. The lowest BCUT2D eigenvalue weighted by atomic mass is 9.98. The highest BCUT2D eigenvalue weighted by atomic mass is 35.5. The molecule has 2 aromatic rings. The highest BCUT2D eigenvalue weighted by molar-refractivity contribution is 6.50. The van der Waals surface area contributed by atoms with Crippen LogP contribution in [0.15, 0.2) is 77.0 Å². The summed E-state index contributed by atoms with van der Waals surface area (Å²) in [4.78, 5) is 12.3. The van der Waals surface area contributed by atoms with Crippen molar-refractivity contribution >= 4 is 33.9 Å². The zero-order valence-electron chi connectivity index (χ0n) is 12.7. The molecule has 2 aliphatic heterocycles. The minimum Gasteiger partial charge on any atom is -0.354 e. The van der Waals surface area contributed by atoms with E-state index in [2.05, 4.69) is 15.8 Å². The smallest absolute Gasteiger partial charge is 0.275 e. The second kappa shape index (κ2) is 5.98. The van der Waals surface area contributed by atoms with Crippen LogP contribution in [0.25, 0.3) is 5.03 Å². The fourth-order valence-corrected chi connectivity index (χ4v) is 3.15. The van der Waals surface area contributed by atoms with E-state index in [1.54, 1.807) is 6.08 Å². The van der Waals surface area contributed by atoms with Crippen LogP contribution >= 0.6 is 11.6 Å². The maximum Gasteiger partial charge on any atom is 0.275 e. The maximum absolute atomic E-state index is 12.3. The molecule has 5 heteroatoms. The number of para-hydroxylation sites is 1. The SMILES string of the molecule is O=C1NN=C(Cc2ccccc2)C1=C1C=C(Cl)c2ccccc2N1. The zero-order chi connectivity index (χ0) is 16.5. The number of carbonyl (C=O) groups is 1. The molecule has 0 aliphatic carbocycles. The van der Waals surface area contributed by atoms with Crippen molar-refractivity contribution in [3.8, 4) is 0 Å². The number of allylic oxidation sites excluding steroid dienone is 1. The predicted molar refractivity (Wildman–Crippen MR) is 96.6 cm³/mol. The number of hydrogen-bond donors (Lipinski definition) is 2. The monoisotopic (exact) mass is 335 g/mol. The normalized spacial score (nSPS) is 19.1. The van der Waals surface area contributed by atoms with Gasteiger partial charge in [0.2, 0.25) is 0 Å². The molecule has 2 heterocycles. The Balaban J connectivity index is 1.74. The van der Waals surface area contributed by atoms with E-state index in [0.717, 1.165) is 16.8 Å².